The molecule has 1 heterocycles. The smallest absolute Gasteiger partial charge is 0.223 e. The standard InChI is InChI=1S/C16H30N2O.ClH/c1-11(2)14-5-4-12(3)10-15(14)18-16(19)13-6-8-17-9-7-13;/h11-15,17H,4-10H2,1-3H3,(H,18,19);1H. The summed E-state index contributed by atoms with van der Waals surface area (Å²) < 4.78 is 0. The molecule has 2 rings (SSSR count). The molecule has 1 aliphatic heterocycles. The minimum atomic E-state index is 0. The van der Waals surface area contributed by atoms with Gasteiger partial charge in [0.25, 0.3) is 0 Å². The van der Waals surface area contributed by atoms with Gasteiger partial charge in [0.15, 0.2) is 0 Å². The Morgan fingerprint density at radius 2 is 1.80 bits per heavy atom. The van der Waals surface area contributed by atoms with Crippen LogP contribution < -0.4 is 10.6 Å². The maximum Gasteiger partial charge on any atom is 0.223 e. The van der Waals surface area contributed by atoms with Crippen LogP contribution in [0.5, 0.6) is 0 Å². The normalized spacial score (nSPS) is 31.7. The highest BCUT2D eigenvalue weighted by molar-refractivity contribution is 5.85. The number of rotatable bonds is 3. The minimum Gasteiger partial charge on any atom is -0.353 e. The van der Waals surface area contributed by atoms with E-state index >= 15 is 0 Å². The fraction of sp³-hybridized carbons (Fsp3) is 0.938. The van der Waals surface area contributed by atoms with Crippen LogP contribution in [0.1, 0.15) is 52.9 Å². The molecule has 2 N–H and O–H groups in total. The Labute approximate surface area is 130 Å². The lowest BCUT2D eigenvalue weighted by molar-refractivity contribution is -0.127. The summed E-state index contributed by atoms with van der Waals surface area (Å²) in [5.41, 5.74) is 0. The van der Waals surface area contributed by atoms with Gasteiger partial charge >= 0.3 is 0 Å². The van der Waals surface area contributed by atoms with Gasteiger partial charge in [-0.3, -0.25) is 4.79 Å². The van der Waals surface area contributed by atoms with E-state index in [2.05, 4.69) is 31.4 Å². The van der Waals surface area contributed by atoms with Crippen LogP contribution in [0.3, 0.4) is 0 Å². The Bertz CT molecular complexity index is 303. The zero-order valence-corrected chi connectivity index (χ0v) is 14.0. The number of piperidine rings is 1. The van der Waals surface area contributed by atoms with Crippen molar-refractivity contribution in [2.75, 3.05) is 13.1 Å². The Hall–Kier alpha value is -0.280. The molecule has 4 heteroatoms. The number of amides is 1. The van der Waals surface area contributed by atoms with Gasteiger partial charge in [0.1, 0.15) is 0 Å². The molecule has 0 aromatic heterocycles. The van der Waals surface area contributed by atoms with Crippen molar-refractivity contribution in [1.29, 1.82) is 0 Å². The van der Waals surface area contributed by atoms with E-state index in [-0.39, 0.29) is 18.3 Å². The summed E-state index contributed by atoms with van der Waals surface area (Å²) in [5, 5.41) is 6.71. The maximum atomic E-state index is 12.4. The first-order chi connectivity index (χ1) is 9.08. The first-order valence-electron chi connectivity index (χ1n) is 8.09. The van der Waals surface area contributed by atoms with Crippen molar-refractivity contribution in [2.24, 2.45) is 23.7 Å². The molecule has 2 aliphatic rings. The number of nitrogens with one attached hydrogen (secondary N) is 2. The minimum absolute atomic E-state index is 0. The third-order valence-corrected chi connectivity index (χ3v) is 5.06. The Morgan fingerprint density at radius 3 is 2.40 bits per heavy atom. The third-order valence-electron chi connectivity index (χ3n) is 5.06. The van der Waals surface area contributed by atoms with Crippen molar-refractivity contribution in [3.8, 4) is 0 Å². The molecule has 1 saturated heterocycles. The summed E-state index contributed by atoms with van der Waals surface area (Å²) >= 11 is 0. The lowest BCUT2D eigenvalue weighted by Crippen LogP contribution is -2.48. The molecule has 3 unspecified atom stereocenters. The van der Waals surface area contributed by atoms with Gasteiger partial charge < -0.3 is 10.6 Å². The van der Waals surface area contributed by atoms with E-state index in [0.717, 1.165) is 31.8 Å². The van der Waals surface area contributed by atoms with Gasteiger partial charge in [0.2, 0.25) is 5.91 Å². The van der Waals surface area contributed by atoms with Crippen LogP contribution in [0.2, 0.25) is 0 Å². The quantitative estimate of drug-likeness (QED) is 0.841. The average Bonchev–Trinajstić information content (AvgIpc) is 2.39. The molecule has 20 heavy (non-hydrogen) atoms. The second-order valence-electron chi connectivity index (χ2n) is 6.97. The maximum absolute atomic E-state index is 12.4. The van der Waals surface area contributed by atoms with E-state index in [9.17, 15) is 4.79 Å². The lowest BCUT2D eigenvalue weighted by atomic mass is 9.74. The summed E-state index contributed by atoms with van der Waals surface area (Å²) in [5.74, 6) is 2.65. The summed E-state index contributed by atoms with van der Waals surface area (Å²) in [4.78, 5) is 12.4. The highest BCUT2D eigenvalue weighted by Gasteiger charge is 2.33. The van der Waals surface area contributed by atoms with Crippen LogP contribution in [-0.2, 0) is 4.79 Å². The van der Waals surface area contributed by atoms with E-state index in [1.807, 2.05) is 0 Å². The summed E-state index contributed by atoms with van der Waals surface area (Å²) in [7, 11) is 0. The van der Waals surface area contributed by atoms with Gasteiger partial charge in [-0.2, -0.15) is 0 Å². The highest BCUT2D eigenvalue weighted by Crippen LogP contribution is 2.33. The van der Waals surface area contributed by atoms with E-state index in [0.29, 0.717) is 23.8 Å². The Balaban J connectivity index is 0.00000200. The van der Waals surface area contributed by atoms with Crippen LogP contribution in [0.15, 0.2) is 0 Å². The summed E-state index contributed by atoms with van der Waals surface area (Å²) in [6, 6.07) is 0.408. The fourth-order valence-corrected chi connectivity index (χ4v) is 3.75. The summed E-state index contributed by atoms with van der Waals surface area (Å²) in [6.45, 7) is 8.90. The SMILES string of the molecule is CC1CCC(C(C)C)C(NC(=O)C2CCNCC2)C1.Cl. The number of carbonyl (C=O) groups excluding carboxylic acids is 1. The van der Waals surface area contributed by atoms with Gasteiger partial charge in [-0.15, -0.1) is 12.4 Å². The van der Waals surface area contributed by atoms with Gasteiger partial charge in [-0.1, -0.05) is 27.2 Å². The summed E-state index contributed by atoms with van der Waals surface area (Å²) in [6.07, 6.45) is 5.76. The zero-order valence-electron chi connectivity index (χ0n) is 13.2. The first kappa shape index (κ1) is 17.8. The predicted octanol–water partition coefficient (Wildman–Crippen LogP) is 2.98. The van der Waals surface area contributed by atoms with Crippen LogP contribution in [0.4, 0.5) is 0 Å². The molecule has 1 saturated carbocycles. The number of hydrogen-bond donors (Lipinski definition) is 2. The van der Waals surface area contributed by atoms with Gasteiger partial charge in [-0.05, 0) is 56.5 Å². The molecule has 0 aromatic rings. The van der Waals surface area contributed by atoms with Crippen molar-refractivity contribution < 1.29 is 4.79 Å². The molecule has 3 atom stereocenters. The molecular formula is C16H31ClN2O. The van der Waals surface area contributed by atoms with Gasteiger partial charge in [0.05, 0.1) is 0 Å². The van der Waals surface area contributed by atoms with Crippen molar-refractivity contribution in [3.05, 3.63) is 0 Å². The lowest BCUT2D eigenvalue weighted by Gasteiger charge is -2.38. The molecular weight excluding hydrogens is 272 g/mol. The average molecular weight is 303 g/mol. The second kappa shape index (κ2) is 8.23. The number of halogens is 1. The Kier molecular flexibility index (Phi) is 7.32. The molecule has 0 spiro atoms. The highest BCUT2D eigenvalue weighted by atomic mass is 35.5. The van der Waals surface area contributed by atoms with Gasteiger partial charge in [-0.25, -0.2) is 0 Å². The van der Waals surface area contributed by atoms with E-state index in [4.69, 9.17) is 0 Å². The molecule has 118 valence electrons. The molecule has 2 fully saturated rings. The van der Waals surface area contributed by atoms with E-state index in [1.54, 1.807) is 0 Å². The number of carbonyl (C=O) groups is 1. The second-order valence-corrected chi connectivity index (χ2v) is 6.97. The van der Waals surface area contributed by atoms with Crippen LogP contribution in [0, 0.1) is 23.7 Å². The van der Waals surface area contributed by atoms with Crippen molar-refractivity contribution in [2.45, 2.75) is 58.9 Å². The molecule has 0 bridgehead atoms. The van der Waals surface area contributed by atoms with E-state index < -0.39 is 0 Å². The molecule has 0 aromatic carbocycles. The van der Waals surface area contributed by atoms with Crippen LogP contribution in [0.25, 0.3) is 0 Å². The van der Waals surface area contributed by atoms with Crippen molar-refractivity contribution in [1.82, 2.24) is 10.6 Å². The monoisotopic (exact) mass is 302 g/mol. The van der Waals surface area contributed by atoms with Gasteiger partial charge in [0, 0.05) is 12.0 Å². The Morgan fingerprint density at radius 1 is 1.15 bits per heavy atom. The fourth-order valence-electron chi connectivity index (χ4n) is 3.75. The van der Waals surface area contributed by atoms with E-state index in [1.165, 1.54) is 19.3 Å². The molecule has 3 nitrogen and oxygen atoms in total. The first-order valence-corrected chi connectivity index (χ1v) is 8.09. The zero-order chi connectivity index (χ0) is 13.8. The predicted molar refractivity (Wildman–Crippen MR) is 86.1 cm³/mol. The molecule has 1 amide bonds. The van der Waals surface area contributed by atoms with Crippen LogP contribution >= 0.6 is 12.4 Å². The van der Waals surface area contributed by atoms with Crippen molar-refractivity contribution in [3.63, 3.8) is 0 Å². The largest absolute Gasteiger partial charge is 0.353 e. The number of hydrogen-bond acceptors (Lipinski definition) is 2. The third kappa shape index (κ3) is 4.63. The van der Waals surface area contributed by atoms with Crippen molar-refractivity contribution >= 4 is 18.3 Å². The molecule has 0 radical (unpaired) electrons. The van der Waals surface area contributed by atoms with Crippen LogP contribution in [-0.4, -0.2) is 25.0 Å². The topological polar surface area (TPSA) is 41.1 Å². The molecule has 1 aliphatic carbocycles.